The summed E-state index contributed by atoms with van der Waals surface area (Å²) in [7, 11) is 0. The summed E-state index contributed by atoms with van der Waals surface area (Å²) in [6.45, 7) is 1.99. The van der Waals surface area contributed by atoms with Crippen LogP contribution in [-0.4, -0.2) is 4.98 Å². The molecular weight excluding hydrogens is 270 g/mol. The lowest BCUT2D eigenvalue weighted by atomic mass is 10.2. The van der Waals surface area contributed by atoms with Crippen LogP contribution in [0.25, 0.3) is 12.2 Å². The molecule has 0 bridgehead atoms. The number of rotatable bonds is 4. The number of aromatic nitrogens is 1. The fourth-order valence-corrected chi connectivity index (χ4v) is 2.14. The Morgan fingerprint density at radius 3 is 2.36 bits per heavy atom. The van der Waals surface area contributed by atoms with E-state index >= 15 is 0 Å². The lowest BCUT2D eigenvalue weighted by Gasteiger charge is -2.05. The van der Waals surface area contributed by atoms with Crippen molar-refractivity contribution in [2.75, 3.05) is 0 Å². The van der Waals surface area contributed by atoms with Crippen LogP contribution in [0.4, 0.5) is 0 Å². The second-order valence-electron chi connectivity index (χ2n) is 5.02. The third-order valence-electron chi connectivity index (χ3n) is 3.19. The molecule has 0 aliphatic carbocycles. The maximum Gasteiger partial charge on any atom is 0.128 e. The maximum atomic E-state index is 5.84. The Kier molecular flexibility index (Phi) is 4.30. The predicted octanol–water partition coefficient (Wildman–Crippen LogP) is 5.35. The molecule has 108 valence electrons. The molecule has 2 aromatic carbocycles. The van der Waals surface area contributed by atoms with Crippen molar-refractivity contribution in [1.29, 1.82) is 0 Å². The number of aryl methyl sites for hydroxylation is 1. The molecule has 0 aliphatic rings. The minimum absolute atomic E-state index is 0.825. The fourth-order valence-electron chi connectivity index (χ4n) is 2.14. The molecule has 0 unspecified atom stereocenters. The second kappa shape index (κ2) is 6.72. The topological polar surface area (TPSA) is 22.1 Å². The average molecular weight is 287 g/mol. The van der Waals surface area contributed by atoms with Crippen LogP contribution in [0.2, 0.25) is 0 Å². The first-order chi connectivity index (χ1) is 10.8. The van der Waals surface area contributed by atoms with Crippen LogP contribution in [-0.2, 0) is 0 Å². The molecule has 1 heterocycles. The largest absolute Gasteiger partial charge is 0.457 e. The summed E-state index contributed by atoms with van der Waals surface area (Å²) in [5, 5.41) is 0. The molecule has 22 heavy (non-hydrogen) atoms. The van der Waals surface area contributed by atoms with Gasteiger partial charge in [-0.3, -0.25) is 4.98 Å². The Bertz CT molecular complexity index is 778. The fraction of sp³-hybridized carbons (Fsp3) is 0.0500. The van der Waals surface area contributed by atoms with Gasteiger partial charge in [0.15, 0.2) is 0 Å². The van der Waals surface area contributed by atoms with Gasteiger partial charge in [-0.2, -0.15) is 0 Å². The highest BCUT2D eigenvalue weighted by Gasteiger charge is 1.97. The molecule has 0 atom stereocenters. The number of hydrogen-bond acceptors (Lipinski definition) is 2. The summed E-state index contributed by atoms with van der Waals surface area (Å²) in [5.41, 5.74) is 3.05. The molecule has 0 saturated carbocycles. The third kappa shape index (κ3) is 3.83. The van der Waals surface area contributed by atoms with Crippen molar-refractivity contribution in [2.24, 2.45) is 0 Å². The standard InChI is InChI=1S/C20H17NO/c1-16-7-5-9-18(21-16)14-13-17-8-6-12-20(15-17)22-19-10-3-2-4-11-19/h2-15H,1H3/b14-13+. The van der Waals surface area contributed by atoms with E-state index in [1.807, 2.05) is 91.9 Å². The molecule has 1 aromatic heterocycles. The summed E-state index contributed by atoms with van der Waals surface area (Å²) in [6, 6.07) is 23.8. The van der Waals surface area contributed by atoms with E-state index in [9.17, 15) is 0 Å². The molecule has 0 saturated heterocycles. The van der Waals surface area contributed by atoms with Crippen LogP contribution in [0.3, 0.4) is 0 Å². The van der Waals surface area contributed by atoms with Crippen LogP contribution < -0.4 is 4.74 Å². The van der Waals surface area contributed by atoms with Gasteiger partial charge in [-0.1, -0.05) is 42.5 Å². The Labute approximate surface area is 130 Å². The van der Waals surface area contributed by atoms with Crippen molar-refractivity contribution in [3.8, 4) is 11.5 Å². The second-order valence-corrected chi connectivity index (χ2v) is 5.02. The summed E-state index contributed by atoms with van der Waals surface area (Å²) in [4.78, 5) is 4.46. The van der Waals surface area contributed by atoms with Crippen molar-refractivity contribution in [3.05, 3.63) is 89.7 Å². The van der Waals surface area contributed by atoms with Crippen LogP contribution in [0, 0.1) is 6.92 Å². The highest BCUT2D eigenvalue weighted by Crippen LogP contribution is 2.22. The zero-order valence-corrected chi connectivity index (χ0v) is 12.4. The number of benzene rings is 2. The number of hydrogen-bond donors (Lipinski definition) is 0. The van der Waals surface area contributed by atoms with Crippen LogP contribution in [0.15, 0.2) is 72.8 Å². The highest BCUT2D eigenvalue weighted by molar-refractivity contribution is 5.68. The van der Waals surface area contributed by atoms with E-state index in [1.54, 1.807) is 0 Å². The van der Waals surface area contributed by atoms with Crippen LogP contribution in [0.1, 0.15) is 17.0 Å². The van der Waals surface area contributed by atoms with Gasteiger partial charge in [-0.05, 0) is 55.0 Å². The summed E-state index contributed by atoms with van der Waals surface area (Å²) < 4.78 is 5.84. The molecule has 0 spiro atoms. The molecule has 3 aromatic rings. The SMILES string of the molecule is Cc1cccc(/C=C/c2cccc(Oc3ccccc3)c2)n1. The average Bonchev–Trinajstić information content (AvgIpc) is 2.54. The molecule has 0 fully saturated rings. The quantitative estimate of drug-likeness (QED) is 0.645. The number of ether oxygens (including phenoxy) is 1. The predicted molar refractivity (Wildman–Crippen MR) is 90.9 cm³/mol. The van der Waals surface area contributed by atoms with Gasteiger partial charge in [-0.25, -0.2) is 0 Å². The van der Waals surface area contributed by atoms with Crippen LogP contribution in [0.5, 0.6) is 11.5 Å². The third-order valence-corrected chi connectivity index (χ3v) is 3.19. The lowest BCUT2D eigenvalue weighted by molar-refractivity contribution is 0.482. The van der Waals surface area contributed by atoms with Crippen molar-refractivity contribution in [1.82, 2.24) is 4.98 Å². The molecular formula is C20H17NO. The Morgan fingerprint density at radius 2 is 1.55 bits per heavy atom. The van der Waals surface area contributed by atoms with Gasteiger partial charge in [0, 0.05) is 5.69 Å². The highest BCUT2D eigenvalue weighted by atomic mass is 16.5. The smallest absolute Gasteiger partial charge is 0.128 e. The van der Waals surface area contributed by atoms with Gasteiger partial charge in [0.05, 0.1) is 5.69 Å². The first kappa shape index (κ1) is 14.1. The number of para-hydroxylation sites is 1. The van der Waals surface area contributed by atoms with Gasteiger partial charge in [0.2, 0.25) is 0 Å². The summed E-state index contributed by atoms with van der Waals surface area (Å²) >= 11 is 0. The Balaban J connectivity index is 1.76. The molecule has 0 radical (unpaired) electrons. The van der Waals surface area contributed by atoms with Gasteiger partial charge >= 0.3 is 0 Å². The molecule has 2 nitrogen and oxygen atoms in total. The minimum atomic E-state index is 0.825. The monoisotopic (exact) mass is 287 g/mol. The first-order valence-corrected chi connectivity index (χ1v) is 7.24. The molecule has 0 amide bonds. The van der Waals surface area contributed by atoms with Crippen molar-refractivity contribution in [3.63, 3.8) is 0 Å². The Morgan fingerprint density at radius 1 is 0.773 bits per heavy atom. The molecule has 3 rings (SSSR count). The van der Waals surface area contributed by atoms with Crippen LogP contribution >= 0.6 is 0 Å². The Hall–Kier alpha value is -2.87. The molecule has 0 aliphatic heterocycles. The van der Waals surface area contributed by atoms with Gasteiger partial charge in [0.25, 0.3) is 0 Å². The van der Waals surface area contributed by atoms with E-state index in [2.05, 4.69) is 4.98 Å². The molecule has 0 N–H and O–H groups in total. The van der Waals surface area contributed by atoms with E-state index in [4.69, 9.17) is 4.74 Å². The van der Waals surface area contributed by atoms with Gasteiger partial charge < -0.3 is 4.74 Å². The van der Waals surface area contributed by atoms with Crippen molar-refractivity contribution < 1.29 is 4.74 Å². The number of pyridine rings is 1. The first-order valence-electron chi connectivity index (χ1n) is 7.24. The maximum absolute atomic E-state index is 5.84. The molecule has 2 heteroatoms. The number of nitrogens with zero attached hydrogens (tertiary/aromatic N) is 1. The van der Waals surface area contributed by atoms with E-state index < -0.39 is 0 Å². The minimum Gasteiger partial charge on any atom is -0.457 e. The van der Waals surface area contributed by atoms with E-state index in [0.29, 0.717) is 0 Å². The summed E-state index contributed by atoms with van der Waals surface area (Å²) in [5.74, 6) is 1.66. The lowest BCUT2D eigenvalue weighted by Crippen LogP contribution is -1.85. The zero-order valence-electron chi connectivity index (χ0n) is 12.4. The van der Waals surface area contributed by atoms with Gasteiger partial charge in [-0.15, -0.1) is 0 Å². The van der Waals surface area contributed by atoms with Crippen molar-refractivity contribution in [2.45, 2.75) is 6.92 Å². The van der Waals surface area contributed by atoms with E-state index in [0.717, 1.165) is 28.5 Å². The summed E-state index contributed by atoms with van der Waals surface area (Å²) in [6.07, 6.45) is 4.05. The van der Waals surface area contributed by atoms with Gasteiger partial charge in [0.1, 0.15) is 11.5 Å². The van der Waals surface area contributed by atoms with Crippen molar-refractivity contribution >= 4 is 12.2 Å². The van der Waals surface area contributed by atoms with E-state index in [1.165, 1.54) is 0 Å². The zero-order chi connectivity index (χ0) is 15.2. The normalized spacial score (nSPS) is 10.8. The van der Waals surface area contributed by atoms with E-state index in [-0.39, 0.29) is 0 Å².